The average molecular weight is 295 g/mol. The Morgan fingerprint density at radius 3 is 3.05 bits per heavy atom. The summed E-state index contributed by atoms with van der Waals surface area (Å²) in [6.45, 7) is 6.28. The molecule has 0 aromatic heterocycles. The highest BCUT2D eigenvalue weighted by Crippen LogP contribution is 2.33. The molecule has 0 radical (unpaired) electrons. The minimum absolute atomic E-state index is 0.724. The Morgan fingerprint density at radius 1 is 1.45 bits per heavy atom. The van der Waals surface area contributed by atoms with Crippen LogP contribution in [-0.4, -0.2) is 43.2 Å². The van der Waals surface area contributed by atoms with E-state index in [4.69, 9.17) is 9.47 Å². The third-order valence-corrected chi connectivity index (χ3v) is 4.83. The van der Waals surface area contributed by atoms with Gasteiger partial charge in [-0.25, -0.2) is 0 Å². The van der Waals surface area contributed by atoms with Crippen molar-refractivity contribution >= 4 is 11.8 Å². The monoisotopic (exact) mass is 295 g/mol. The molecule has 0 amide bonds. The Bertz CT molecular complexity index is 425. The summed E-state index contributed by atoms with van der Waals surface area (Å²) in [6, 6.07) is 6.17. The number of hydrogen-bond donors (Lipinski definition) is 0. The molecule has 0 N–H and O–H groups in total. The second kappa shape index (κ2) is 7.79. The first-order chi connectivity index (χ1) is 9.74. The van der Waals surface area contributed by atoms with Gasteiger partial charge in [0, 0.05) is 23.9 Å². The molecule has 2 rings (SSSR count). The van der Waals surface area contributed by atoms with Crippen LogP contribution in [0.3, 0.4) is 0 Å². The summed E-state index contributed by atoms with van der Waals surface area (Å²) in [5, 5.41) is 0.724. The lowest BCUT2D eigenvalue weighted by Crippen LogP contribution is -2.30. The predicted molar refractivity (Wildman–Crippen MR) is 86.0 cm³/mol. The number of rotatable bonds is 5. The van der Waals surface area contributed by atoms with Gasteiger partial charge in [-0.3, -0.25) is 4.90 Å². The Hall–Kier alpha value is -0.870. The van der Waals surface area contributed by atoms with Crippen molar-refractivity contribution in [3.05, 3.63) is 23.8 Å². The standard InChI is InChI=1S/C16H25NO2S/c1-13(20-3)8-10-17-9-5-11-19-16-14(12-17)6-4-7-15(16)18-2/h4,6-7,13H,5,8-12H2,1-3H3. The number of para-hydroxylation sites is 1. The zero-order valence-electron chi connectivity index (χ0n) is 12.7. The van der Waals surface area contributed by atoms with Gasteiger partial charge in [0.25, 0.3) is 0 Å². The van der Waals surface area contributed by atoms with E-state index in [1.54, 1.807) is 7.11 Å². The number of ether oxygens (including phenoxy) is 2. The zero-order valence-corrected chi connectivity index (χ0v) is 13.5. The van der Waals surface area contributed by atoms with E-state index in [1.165, 1.54) is 12.0 Å². The zero-order chi connectivity index (χ0) is 14.4. The van der Waals surface area contributed by atoms with Gasteiger partial charge in [0.05, 0.1) is 13.7 Å². The molecule has 0 saturated carbocycles. The fraction of sp³-hybridized carbons (Fsp3) is 0.625. The Morgan fingerprint density at radius 2 is 2.30 bits per heavy atom. The average Bonchev–Trinajstić information content (AvgIpc) is 2.45. The van der Waals surface area contributed by atoms with Gasteiger partial charge in [0.15, 0.2) is 11.5 Å². The smallest absolute Gasteiger partial charge is 0.165 e. The van der Waals surface area contributed by atoms with Gasteiger partial charge in [0.1, 0.15) is 0 Å². The first kappa shape index (κ1) is 15.5. The van der Waals surface area contributed by atoms with Crippen LogP contribution in [0.2, 0.25) is 0 Å². The highest BCUT2D eigenvalue weighted by atomic mass is 32.2. The lowest BCUT2D eigenvalue weighted by molar-refractivity contribution is 0.199. The molecule has 0 bridgehead atoms. The Kier molecular flexibility index (Phi) is 6.05. The molecule has 1 aromatic rings. The molecule has 1 atom stereocenters. The minimum Gasteiger partial charge on any atom is -0.493 e. The molecule has 112 valence electrons. The Labute approximate surface area is 126 Å². The van der Waals surface area contributed by atoms with Crippen molar-refractivity contribution < 1.29 is 9.47 Å². The molecule has 0 spiro atoms. The Balaban J connectivity index is 2.08. The summed E-state index contributed by atoms with van der Waals surface area (Å²) < 4.78 is 11.3. The fourth-order valence-electron chi connectivity index (χ4n) is 2.47. The van der Waals surface area contributed by atoms with Crippen molar-refractivity contribution in [1.82, 2.24) is 4.90 Å². The van der Waals surface area contributed by atoms with Crippen molar-refractivity contribution in [2.75, 3.05) is 33.1 Å². The molecular weight excluding hydrogens is 270 g/mol. The van der Waals surface area contributed by atoms with E-state index in [1.807, 2.05) is 23.9 Å². The van der Waals surface area contributed by atoms with Gasteiger partial charge in [-0.2, -0.15) is 11.8 Å². The summed E-state index contributed by atoms with van der Waals surface area (Å²) in [5.74, 6) is 1.78. The summed E-state index contributed by atoms with van der Waals surface area (Å²) in [4.78, 5) is 2.54. The van der Waals surface area contributed by atoms with Crippen LogP contribution in [0, 0.1) is 0 Å². The van der Waals surface area contributed by atoms with Gasteiger partial charge in [-0.15, -0.1) is 0 Å². The molecule has 1 aromatic carbocycles. The van der Waals surface area contributed by atoms with Crippen LogP contribution in [0.1, 0.15) is 25.3 Å². The maximum Gasteiger partial charge on any atom is 0.165 e. The number of nitrogens with zero attached hydrogens (tertiary/aromatic N) is 1. The van der Waals surface area contributed by atoms with Crippen LogP contribution in [0.4, 0.5) is 0 Å². The van der Waals surface area contributed by atoms with E-state index < -0.39 is 0 Å². The van der Waals surface area contributed by atoms with E-state index in [2.05, 4.69) is 24.1 Å². The molecule has 0 aliphatic carbocycles. The second-order valence-corrected chi connectivity index (χ2v) is 6.54. The number of methoxy groups -OCH3 is 1. The van der Waals surface area contributed by atoms with E-state index >= 15 is 0 Å². The van der Waals surface area contributed by atoms with E-state index in [-0.39, 0.29) is 0 Å². The third kappa shape index (κ3) is 4.06. The predicted octanol–water partition coefficient (Wildman–Crippen LogP) is 3.42. The van der Waals surface area contributed by atoms with E-state index in [9.17, 15) is 0 Å². The first-order valence-corrected chi connectivity index (χ1v) is 8.57. The van der Waals surface area contributed by atoms with Crippen LogP contribution in [-0.2, 0) is 6.54 Å². The van der Waals surface area contributed by atoms with Crippen LogP contribution in [0.25, 0.3) is 0 Å². The molecule has 0 saturated heterocycles. The van der Waals surface area contributed by atoms with E-state index in [0.29, 0.717) is 0 Å². The highest BCUT2D eigenvalue weighted by Gasteiger charge is 2.17. The molecule has 3 nitrogen and oxygen atoms in total. The van der Waals surface area contributed by atoms with Crippen molar-refractivity contribution in [1.29, 1.82) is 0 Å². The quantitative estimate of drug-likeness (QED) is 0.829. The summed E-state index contributed by atoms with van der Waals surface area (Å²) in [6.07, 6.45) is 4.50. The molecule has 1 aliphatic rings. The molecule has 1 unspecified atom stereocenters. The van der Waals surface area contributed by atoms with Crippen molar-refractivity contribution in [3.63, 3.8) is 0 Å². The van der Waals surface area contributed by atoms with Crippen molar-refractivity contribution in [3.8, 4) is 11.5 Å². The number of benzene rings is 1. The summed E-state index contributed by atoms with van der Waals surface area (Å²) in [5.41, 5.74) is 1.24. The summed E-state index contributed by atoms with van der Waals surface area (Å²) in [7, 11) is 1.70. The van der Waals surface area contributed by atoms with Crippen LogP contribution in [0.5, 0.6) is 11.5 Å². The van der Waals surface area contributed by atoms with E-state index in [0.717, 1.165) is 49.4 Å². The highest BCUT2D eigenvalue weighted by molar-refractivity contribution is 7.99. The second-order valence-electron chi connectivity index (χ2n) is 5.26. The van der Waals surface area contributed by atoms with Crippen molar-refractivity contribution in [2.24, 2.45) is 0 Å². The summed E-state index contributed by atoms with van der Waals surface area (Å²) >= 11 is 1.94. The third-order valence-electron chi connectivity index (χ3n) is 3.79. The fourth-order valence-corrected chi connectivity index (χ4v) is 2.81. The molecular formula is C16H25NO2S. The minimum atomic E-state index is 0.724. The van der Waals surface area contributed by atoms with Gasteiger partial charge < -0.3 is 9.47 Å². The number of hydrogen-bond acceptors (Lipinski definition) is 4. The SMILES string of the molecule is COc1cccc2c1OCCCN(CCC(C)SC)C2. The molecule has 4 heteroatoms. The molecule has 20 heavy (non-hydrogen) atoms. The maximum absolute atomic E-state index is 5.89. The largest absolute Gasteiger partial charge is 0.493 e. The topological polar surface area (TPSA) is 21.7 Å². The normalized spacial score (nSPS) is 17.6. The maximum atomic E-state index is 5.89. The van der Waals surface area contributed by atoms with Crippen LogP contribution >= 0.6 is 11.8 Å². The van der Waals surface area contributed by atoms with Crippen LogP contribution in [0.15, 0.2) is 18.2 Å². The van der Waals surface area contributed by atoms with Gasteiger partial charge in [0.2, 0.25) is 0 Å². The van der Waals surface area contributed by atoms with Gasteiger partial charge in [-0.1, -0.05) is 19.1 Å². The molecule has 0 fully saturated rings. The number of thioether (sulfide) groups is 1. The first-order valence-electron chi connectivity index (χ1n) is 7.28. The lowest BCUT2D eigenvalue weighted by Gasteiger charge is -2.27. The van der Waals surface area contributed by atoms with Crippen molar-refractivity contribution in [2.45, 2.75) is 31.6 Å². The molecule has 1 heterocycles. The van der Waals surface area contributed by atoms with Gasteiger partial charge >= 0.3 is 0 Å². The molecule has 1 aliphatic heterocycles. The van der Waals surface area contributed by atoms with Gasteiger partial charge in [-0.05, 0) is 31.7 Å². The lowest BCUT2D eigenvalue weighted by atomic mass is 10.1. The van der Waals surface area contributed by atoms with Crippen LogP contribution < -0.4 is 9.47 Å². The number of fused-ring (bicyclic) bond motifs is 1.